The van der Waals surface area contributed by atoms with Crippen LogP contribution in [0, 0.1) is 6.92 Å². The van der Waals surface area contributed by atoms with Gasteiger partial charge in [0.25, 0.3) is 5.91 Å². The van der Waals surface area contributed by atoms with E-state index in [1.54, 1.807) is 6.21 Å². The summed E-state index contributed by atoms with van der Waals surface area (Å²) in [4.78, 5) is 22.6. The zero-order chi connectivity index (χ0) is 22.8. The normalized spacial score (nSPS) is 11.4. The van der Waals surface area contributed by atoms with E-state index in [1.807, 2.05) is 85.8 Å². The maximum atomic E-state index is 13.2. The van der Waals surface area contributed by atoms with Crippen LogP contribution < -0.4 is 11.1 Å². The van der Waals surface area contributed by atoms with Gasteiger partial charge in [0.15, 0.2) is 5.65 Å². The molecule has 0 saturated heterocycles. The second-order valence-electron chi connectivity index (χ2n) is 7.78. The lowest BCUT2D eigenvalue weighted by Gasteiger charge is -2.05. The number of hydrogen-bond acceptors (Lipinski definition) is 5. The first-order valence-corrected chi connectivity index (χ1v) is 10.6. The van der Waals surface area contributed by atoms with E-state index in [9.17, 15) is 4.79 Å². The minimum Gasteiger partial charge on any atom is -0.383 e. The largest absolute Gasteiger partial charge is 0.383 e. The number of nitrogens with two attached hydrogens (primary N) is 1. The first-order chi connectivity index (χ1) is 16.1. The molecule has 7 heteroatoms. The third-order valence-electron chi connectivity index (χ3n) is 5.36. The zero-order valence-electron chi connectivity index (χ0n) is 18.1. The number of carbonyl (C=O) groups excluding carboxylic acids is 1. The van der Waals surface area contributed by atoms with Crippen LogP contribution in [-0.2, 0) is 6.54 Å². The number of nitrogens with one attached hydrogen (secondary N) is 1. The number of nitrogens with zero attached hydrogens (tertiary/aromatic N) is 4. The monoisotopic (exact) mass is 434 g/mol. The molecule has 0 aliphatic rings. The lowest BCUT2D eigenvalue weighted by molar-refractivity contribution is 0.0953. The Hall–Kier alpha value is -4.52. The van der Waals surface area contributed by atoms with Gasteiger partial charge in [-0.2, -0.15) is 9.78 Å². The van der Waals surface area contributed by atoms with E-state index in [0.717, 1.165) is 16.7 Å². The van der Waals surface area contributed by atoms with E-state index < -0.39 is 0 Å². The Balaban J connectivity index is 1.61. The van der Waals surface area contributed by atoms with Crippen LogP contribution in [0.3, 0.4) is 0 Å². The van der Waals surface area contributed by atoms with E-state index in [0.29, 0.717) is 28.7 Å². The van der Waals surface area contributed by atoms with E-state index in [-0.39, 0.29) is 17.3 Å². The summed E-state index contributed by atoms with van der Waals surface area (Å²) < 4.78 is 1.48. The molecule has 0 bridgehead atoms. The number of fused-ring (bicyclic) bond motifs is 2. The van der Waals surface area contributed by atoms with Crippen molar-refractivity contribution in [2.24, 2.45) is 5.10 Å². The summed E-state index contributed by atoms with van der Waals surface area (Å²) in [5.74, 6) is -0.134. The molecule has 2 aromatic heterocycles. The van der Waals surface area contributed by atoms with Gasteiger partial charge in [0, 0.05) is 6.54 Å². The summed E-state index contributed by atoms with van der Waals surface area (Å²) in [5, 5.41) is 7.50. The van der Waals surface area contributed by atoms with Gasteiger partial charge >= 0.3 is 0 Å². The minimum atomic E-state index is -0.324. The molecular formula is C26H22N6O. The van der Waals surface area contributed by atoms with Crippen LogP contribution >= 0.6 is 0 Å². The average Bonchev–Trinajstić information content (AvgIpc) is 3.10. The van der Waals surface area contributed by atoms with Gasteiger partial charge in [-0.25, -0.2) is 9.97 Å². The summed E-state index contributed by atoms with van der Waals surface area (Å²) in [6.45, 7) is 2.39. The van der Waals surface area contributed by atoms with Crippen molar-refractivity contribution in [3.63, 3.8) is 0 Å². The number of aromatic nitrogens is 3. The molecule has 0 unspecified atom stereocenters. The van der Waals surface area contributed by atoms with Crippen molar-refractivity contribution in [3.8, 4) is 0 Å². The van der Waals surface area contributed by atoms with Gasteiger partial charge in [-0.05, 0) is 30.2 Å². The van der Waals surface area contributed by atoms with Crippen LogP contribution in [0.2, 0.25) is 0 Å². The standard InChI is InChI=1S/C26H22N6O/c1-17-8-7-11-19(14-17)16-29-32-24(27)22(26(33)28-15-18-9-3-2-4-10-18)23-25(32)31-21-13-6-5-12-20(21)30-23/h2-14,16H,15,27H2,1H3,(H,28,33)/b29-16-. The summed E-state index contributed by atoms with van der Waals surface area (Å²) >= 11 is 0. The quantitative estimate of drug-likeness (QED) is 0.403. The van der Waals surface area contributed by atoms with Crippen molar-refractivity contribution in [1.82, 2.24) is 20.0 Å². The molecule has 2 heterocycles. The van der Waals surface area contributed by atoms with E-state index in [2.05, 4.69) is 10.4 Å². The number of hydrogen-bond donors (Lipinski definition) is 2. The number of carbonyl (C=O) groups is 1. The molecule has 33 heavy (non-hydrogen) atoms. The highest BCUT2D eigenvalue weighted by Gasteiger charge is 2.24. The van der Waals surface area contributed by atoms with Crippen molar-refractivity contribution in [2.75, 3.05) is 5.73 Å². The van der Waals surface area contributed by atoms with Gasteiger partial charge < -0.3 is 11.1 Å². The van der Waals surface area contributed by atoms with Crippen molar-refractivity contribution in [3.05, 3.63) is 101 Å². The van der Waals surface area contributed by atoms with Crippen LogP contribution in [-0.4, -0.2) is 26.8 Å². The molecule has 0 atom stereocenters. The van der Waals surface area contributed by atoms with Gasteiger partial charge in [-0.1, -0.05) is 72.3 Å². The van der Waals surface area contributed by atoms with Crippen LogP contribution in [0.15, 0.2) is 84.0 Å². The number of benzene rings is 3. The number of anilines is 1. The summed E-state index contributed by atoms with van der Waals surface area (Å²) in [7, 11) is 0. The highest BCUT2D eigenvalue weighted by Crippen LogP contribution is 2.28. The molecule has 7 nitrogen and oxygen atoms in total. The van der Waals surface area contributed by atoms with Crippen molar-refractivity contribution < 1.29 is 4.79 Å². The SMILES string of the molecule is Cc1cccc(/C=N\n2c(N)c(C(=O)NCc3ccccc3)c3nc4ccccc4nc32)c1. The van der Waals surface area contributed by atoms with Crippen LogP contribution in [0.25, 0.3) is 22.2 Å². The van der Waals surface area contributed by atoms with Gasteiger partial charge in [0.1, 0.15) is 16.9 Å². The molecule has 3 N–H and O–H groups in total. The maximum absolute atomic E-state index is 13.2. The second kappa shape index (κ2) is 8.55. The van der Waals surface area contributed by atoms with Gasteiger partial charge in [-0.3, -0.25) is 4.79 Å². The Bertz CT molecular complexity index is 1500. The molecule has 0 saturated carbocycles. The Labute approximate surface area is 190 Å². The molecule has 0 radical (unpaired) electrons. The highest BCUT2D eigenvalue weighted by molar-refractivity contribution is 6.10. The number of para-hydroxylation sites is 2. The van der Waals surface area contributed by atoms with E-state index in [1.165, 1.54) is 4.68 Å². The highest BCUT2D eigenvalue weighted by atomic mass is 16.1. The fraction of sp³-hybridized carbons (Fsp3) is 0.0769. The third kappa shape index (κ3) is 4.04. The zero-order valence-corrected chi connectivity index (χ0v) is 18.1. The third-order valence-corrected chi connectivity index (χ3v) is 5.36. The van der Waals surface area contributed by atoms with Crippen molar-refractivity contribution in [2.45, 2.75) is 13.5 Å². The number of nitrogen functional groups attached to an aromatic ring is 1. The first kappa shape index (κ1) is 20.4. The molecule has 162 valence electrons. The Morgan fingerprint density at radius 2 is 1.73 bits per heavy atom. The maximum Gasteiger partial charge on any atom is 0.257 e. The van der Waals surface area contributed by atoms with Crippen LogP contribution in [0.5, 0.6) is 0 Å². The van der Waals surface area contributed by atoms with Crippen molar-refractivity contribution in [1.29, 1.82) is 0 Å². The topological polar surface area (TPSA) is 98.2 Å². The fourth-order valence-corrected chi connectivity index (χ4v) is 3.73. The summed E-state index contributed by atoms with van der Waals surface area (Å²) in [6.07, 6.45) is 1.70. The molecule has 5 aromatic rings. The molecule has 3 aromatic carbocycles. The molecule has 1 amide bonds. The summed E-state index contributed by atoms with van der Waals surface area (Å²) in [6, 6.07) is 25.1. The number of amides is 1. The van der Waals surface area contributed by atoms with Gasteiger partial charge in [0.2, 0.25) is 0 Å². The first-order valence-electron chi connectivity index (χ1n) is 10.6. The second-order valence-corrected chi connectivity index (χ2v) is 7.78. The smallest absolute Gasteiger partial charge is 0.257 e. The molecule has 5 rings (SSSR count). The lowest BCUT2D eigenvalue weighted by Crippen LogP contribution is -2.23. The van der Waals surface area contributed by atoms with Gasteiger partial charge in [0.05, 0.1) is 17.2 Å². The lowest BCUT2D eigenvalue weighted by atomic mass is 10.2. The summed E-state index contributed by atoms with van der Waals surface area (Å²) in [5.41, 5.74) is 12.0. The Morgan fingerprint density at radius 1 is 1.00 bits per heavy atom. The molecule has 0 spiro atoms. The van der Waals surface area contributed by atoms with Crippen LogP contribution in [0.4, 0.5) is 5.82 Å². The van der Waals surface area contributed by atoms with Crippen LogP contribution in [0.1, 0.15) is 27.0 Å². The predicted molar refractivity (Wildman–Crippen MR) is 131 cm³/mol. The van der Waals surface area contributed by atoms with E-state index >= 15 is 0 Å². The Morgan fingerprint density at radius 3 is 2.48 bits per heavy atom. The predicted octanol–water partition coefficient (Wildman–Crippen LogP) is 4.29. The molecule has 0 fully saturated rings. The average molecular weight is 435 g/mol. The minimum absolute atomic E-state index is 0.190. The molecule has 0 aliphatic carbocycles. The van der Waals surface area contributed by atoms with E-state index in [4.69, 9.17) is 15.7 Å². The number of rotatable bonds is 5. The Kier molecular flexibility index (Phi) is 5.28. The fourth-order valence-electron chi connectivity index (χ4n) is 3.73. The number of aryl methyl sites for hydroxylation is 1. The van der Waals surface area contributed by atoms with Crippen molar-refractivity contribution >= 4 is 40.1 Å². The molecular weight excluding hydrogens is 412 g/mol. The molecule has 0 aliphatic heterocycles. The van der Waals surface area contributed by atoms with Gasteiger partial charge in [-0.15, -0.1) is 0 Å².